The lowest BCUT2D eigenvalue weighted by atomic mass is 10.0. The molecule has 0 radical (unpaired) electrons. The van der Waals surface area contributed by atoms with E-state index in [2.05, 4.69) is 57.9 Å². The highest BCUT2D eigenvalue weighted by atomic mass is 79.9. The van der Waals surface area contributed by atoms with Crippen molar-refractivity contribution >= 4 is 15.9 Å². The molecule has 0 aliphatic rings. The van der Waals surface area contributed by atoms with E-state index >= 15 is 0 Å². The Morgan fingerprint density at radius 2 is 1.93 bits per heavy atom. The molecule has 0 amide bonds. The van der Waals surface area contributed by atoms with Gasteiger partial charge in [0, 0.05) is 11.8 Å². The quantitative estimate of drug-likeness (QED) is 0.786. The minimum atomic E-state index is 0.924. The average Bonchev–Trinajstić information content (AvgIpc) is 2.23. The van der Waals surface area contributed by atoms with Gasteiger partial charge in [-0.15, -0.1) is 0 Å². The first-order valence-electron chi connectivity index (χ1n) is 4.71. The summed E-state index contributed by atoms with van der Waals surface area (Å²) in [6, 6.07) is 6.33. The maximum atomic E-state index is 4.26. The number of hydrogen-bond acceptors (Lipinski definition) is 2. The molecule has 15 heavy (non-hydrogen) atoms. The lowest BCUT2D eigenvalue weighted by Crippen LogP contribution is -1.88. The third kappa shape index (κ3) is 2.07. The molecule has 0 unspecified atom stereocenters. The van der Waals surface area contributed by atoms with E-state index in [1.54, 1.807) is 12.5 Å². The van der Waals surface area contributed by atoms with Gasteiger partial charge >= 0.3 is 0 Å². The number of nitrogens with zero attached hydrogens (tertiary/aromatic N) is 2. The fourth-order valence-electron chi connectivity index (χ4n) is 1.41. The SMILES string of the molecule is Cc1ccc(-c2ncncc2Br)cc1C. The summed E-state index contributed by atoms with van der Waals surface area (Å²) in [7, 11) is 0. The van der Waals surface area contributed by atoms with Crippen molar-refractivity contribution in [3.05, 3.63) is 46.3 Å². The number of rotatable bonds is 1. The molecule has 0 bridgehead atoms. The monoisotopic (exact) mass is 262 g/mol. The third-order valence-corrected chi connectivity index (χ3v) is 3.03. The Bertz CT molecular complexity index is 495. The van der Waals surface area contributed by atoms with E-state index in [0.29, 0.717) is 0 Å². The van der Waals surface area contributed by atoms with E-state index in [4.69, 9.17) is 0 Å². The molecule has 1 aromatic heterocycles. The van der Waals surface area contributed by atoms with E-state index in [0.717, 1.165) is 15.7 Å². The van der Waals surface area contributed by atoms with Crippen LogP contribution in [-0.2, 0) is 0 Å². The lowest BCUT2D eigenvalue weighted by molar-refractivity contribution is 1.15. The summed E-state index contributed by atoms with van der Waals surface area (Å²) >= 11 is 3.45. The average molecular weight is 263 g/mol. The van der Waals surface area contributed by atoms with Gasteiger partial charge < -0.3 is 0 Å². The summed E-state index contributed by atoms with van der Waals surface area (Å²) in [5.41, 5.74) is 4.63. The molecule has 0 atom stereocenters. The largest absolute Gasteiger partial charge is 0.244 e. The van der Waals surface area contributed by atoms with Gasteiger partial charge in [0.1, 0.15) is 6.33 Å². The van der Waals surface area contributed by atoms with Crippen molar-refractivity contribution in [2.75, 3.05) is 0 Å². The third-order valence-electron chi connectivity index (χ3n) is 2.45. The summed E-state index contributed by atoms with van der Waals surface area (Å²) in [6.07, 6.45) is 3.33. The Labute approximate surface area is 97.5 Å². The molecule has 0 saturated heterocycles. The van der Waals surface area contributed by atoms with Crippen molar-refractivity contribution in [1.29, 1.82) is 0 Å². The predicted molar refractivity (Wildman–Crippen MR) is 64.6 cm³/mol. The summed E-state index contributed by atoms with van der Waals surface area (Å²) in [4.78, 5) is 8.21. The van der Waals surface area contributed by atoms with E-state index in [1.165, 1.54) is 11.1 Å². The van der Waals surface area contributed by atoms with Crippen LogP contribution in [0.25, 0.3) is 11.3 Å². The van der Waals surface area contributed by atoms with Gasteiger partial charge in [0.05, 0.1) is 10.2 Å². The van der Waals surface area contributed by atoms with Crippen LogP contribution in [0.5, 0.6) is 0 Å². The maximum Gasteiger partial charge on any atom is 0.116 e. The molecule has 2 nitrogen and oxygen atoms in total. The van der Waals surface area contributed by atoms with E-state index < -0.39 is 0 Å². The predicted octanol–water partition coefficient (Wildman–Crippen LogP) is 3.52. The summed E-state index contributed by atoms with van der Waals surface area (Å²) in [5.74, 6) is 0. The van der Waals surface area contributed by atoms with Gasteiger partial charge in [-0.3, -0.25) is 0 Å². The molecular weight excluding hydrogens is 252 g/mol. The molecule has 0 fully saturated rings. The second kappa shape index (κ2) is 4.11. The zero-order chi connectivity index (χ0) is 10.8. The van der Waals surface area contributed by atoms with Gasteiger partial charge in [0.2, 0.25) is 0 Å². The van der Waals surface area contributed by atoms with Crippen molar-refractivity contribution < 1.29 is 0 Å². The summed E-state index contributed by atoms with van der Waals surface area (Å²) in [6.45, 7) is 4.21. The zero-order valence-electron chi connectivity index (χ0n) is 8.66. The van der Waals surface area contributed by atoms with Crippen molar-refractivity contribution in [3.8, 4) is 11.3 Å². The number of aromatic nitrogens is 2. The molecule has 2 aromatic rings. The van der Waals surface area contributed by atoms with Gasteiger partial charge in [-0.05, 0) is 47.0 Å². The fourth-order valence-corrected chi connectivity index (χ4v) is 1.86. The zero-order valence-corrected chi connectivity index (χ0v) is 10.2. The first-order valence-corrected chi connectivity index (χ1v) is 5.51. The van der Waals surface area contributed by atoms with Crippen molar-refractivity contribution in [3.63, 3.8) is 0 Å². The van der Waals surface area contributed by atoms with Crippen LogP contribution in [-0.4, -0.2) is 9.97 Å². The second-order valence-corrected chi connectivity index (χ2v) is 4.37. The molecule has 0 aliphatic carbocycles. The van der Waals surface area contributed by atoms with Gasteiger partial charge in [-0.2, -0.15) is 0 Å². The van der Waals surface area contributed by atoms with E-state index in [9.17, 15) is 0 Å². The standard InChI is InChI=1S/C12H11BrN2/c1-8-3-4-10(5-9(8)2)12-11(13)6-14-7-15-12/h3-7H,1-2H3. The molecule has 0 saturated carbocycles. The summed E-state index contributed by atoms with van der Waals surface area (Å²) in [5, 5.41) is 0. The number of halogens is 1. The highest BCUT2D eigenvalue weighted by Crippen LogP contribution is 2.26. The molecule has 3 heteroatoms. The molecule has 0 N–H and O–H groups in total. The highest BCUT2D eigenvalue weighted by Gasteiger charge is 2.04. The lowest BCUT2D eigenvalue weighted by Gasteiger charge is -2.05. The van der Waals surface area contributed by atoms with Crippen LogP contribution in [0.2, 0.25) is 0 Å². The maximum absolute atomic E-state index is 4.26. The normalized spacial score (nSPS) is 10.3. The van der Waals surface area contributed by atoms with Crippen LogP contribution in [0, 0.1) is 13.8 Å². The van der Waals surface area contributed by atoms with E-state index in [1.807, 2.05) is 0 Å². The Kier molecular flexibility index (Phi) is 2.82. The molecule has 76 valence electrons. The highest BCUT2D eigenvalue weighted by molar-refractivity contribution is 9.10. The van der Waals surface area contributed by atoms with Crippen molar-refractivity contribution in [2.24, 2.45) is 0 Å². The molecule has 1 heterocycles. The van der Waals surface area contributed by atoms with Gasteiger partial charge in [0.15, 0.2) is 0 Å². The molecule has 1 aromatic carbocycles. The van der Waals surface area contributed by atoms with Crippen LogP contribution < -0.4 is 0 Å². The van der Waals surface area contributed by atoms with Gasteiger partial charge in [0.25, 0.3) is 0 Å². The number of aryl methyl sites for hydroxylation is 2. The molecular formula is C12H11BrN2. The molecule has 2 rings (SSSR count). The van der Waals surface area contributed by atoms with Crippen LogP contribution in [0.3, 0.4) is 0 Å². The van der Waals surface area contributed by atoms with Crippen LogP contribution in [0.1, 0.15) is 11.1 Å². The first-order chi connectivity index (χ1) is 7.18. The smallest absolute Gasteiger partial charge is 0.116 e. The Morgan fingerprint density at radius 1 is 1.13 bits per heavy atom. The topological polar surface area (TPSA) is 25.8 Å². The van der Waals surface area contributed by atoms with Gasteiger partial charge in [-0.25, -0.2) is 9.97 Å². The van der Waals surface area contributed by atoms with Crippen molar-refractivity contribution in [2.45, 2.75) is 13.8 Å². The van der Waals surface area contributed by atoms with Gasteiger partial charge in [-0.1, -0.05) is 12.1 Å². The molecule has 0 aliphatic heterocycles. The Balaban J connectivity index is 2.55. The van der Waals surface area contributed by atoms with Crippen molar-refractivity contribution in [1.82, 2.24) is 9.97 Å². The second-order valence-electron chi connectivity index (χ2n) is 3.52. The van der Waals surface area contributed by atoms with E-state index in [-0.39, 0.29) is 0 Å². The first kappa shape index (κ1) is 10.3. The summed E-state index contributed by atoms with van der Waals surface area (Å²) < 4.78 is 0.924. The van der Waals surface area contributed by atoms with Crippen LogP contribution in [0.15, 0.2) is 35.2 Å². The van der Waals surface area contributed by atoms with Crippen LogP contribution >= 0.6 is 15.9 Å². The minimum absolute atomic E-state index is 0.924. The Hall–Kier alpha value is -1.22. The number of benzene rings is 1. The van der Waals surface area contributed by atoms with Crippen LogP contribution in [0.4, 0.5) is 0 Å². The Morgan fingerprint density at radius 3 is 2.60 bits per heavy atom. The molecule has 0 spiro atoms. The minimum Gasteiger partial charge on any atom is -0.244 e. The number of hydrogen-bond donors (Lipinski definition) is 0. The fraction of sp³-hybridized carbons (Fsp3) is 0.167.